The van der Waals surface area contributed by atoms with Crippen molar-refractivity contribution in [3.63, 3.8) is 0 Å². The van der Waals surface area contributed by atoms with E-state index in [4.69, 9.17) is 14.1 Å². The van der Waals surface area contributed by atoms with E-state index in [9.17, 15) is 14.4 Å². The Labute approximate surface area is 418 Å². The first-order chi connectivity index (χ1) is 33.1. The predicted octanol–water partition coefficient (Wildman–Crippen LogP) is 9.56. The molecule has 3 aliphatic rings. The lowest BCUT2D eigenvalue weighted by molar-refractivity contribution is -0.155. The van der Waals surface area contributed by atoms with Crippen LogP contribution in [0, 0.1) is 11.3 Å². The van der Waals surface area contributed by atoms with Crippen LogP contribution in [0.3, 0.4) is 0 Å². The number of esters is 1. The maximum atomic E-state index is 15.1. The minimum Gasteiger partial charge on any atom is -0.543 e. The van der Waals surface area contributed by atoms with Crippen molar-refractivity contribution in [1.29, 1.82) is 0 Å². The zero-order chi connectivity index (χ0) is 51.0. The van der Waals surface area contributed by atoms with E-state index in [0.717, 1.165) is 63.4 Å². The molecule has 380 valence electrons. The van der Waals surface area contributed by atoms with E-state index in [1.165, 1.54) is 15.5 Å². The van der Waals surface area contributed by atoms with Crippen molar-refractivity contribution >= 4 is 42.9 Å². The molecule has 3 N–H and O–H groups in total. The summed E-state index contributed by atoms with van der Waals surface area (Å²) in [5, 5.41) is 8.93. The predicted molar refractivity (Wildman–Crippen MR) is 282 cm³/mol. The van der Waals surface area contributed by atoms with Crippen LogP contribution in [0.1, 0.15) is 132 Å². The quantitative estimate of drug-likeness (QED) is 0.0881. The van der Waals surface area contributed by atoms with Gasteiger partial charge in [0, 0.05) is 54.6 Å². The number of rotatable bonds is 13. The second-order valence-electron chi connectivity index (χ2n) is 22.6. The third-order valence-corrected chi connectivity index (χ3v) is 21.3. The van der Waals surface area contributed by atoms with E-state index in [0.29, 0.717) is 48.9 Å². The van der Waals surface area contributed by atoms with Crippen LogP contribution in [0.15, 0.2) is 54.7 Å². The van der Waals surface area contributed by atoms with Gasteiger partial charge in [-0.05, 0) is 126 Å². The molecule has 70 heavy (non-hydrogen) atoms. The van der Waals surface area contributed by atoms with Gasteiger partial charge in [0.1, 0.15) is 23.9 Å². The number of carbonyl (C=O) groups is 4. The third kappa shape index (κ3) is 10.6. The molecule has 3 amide bonds. The van der Waals surface area contributed by atoms with Crippen molar-refractivity contribution < 1.29 is 28.3 Å². The number of fused-ring (bicyclic) bond motifs is 6. The second-order valence-corrected chi connectivity index (χ2v) is 28.0. The summed E-state index contributed by atoms with van der Waals surface area (Å²) in [5.41, 5.74) is 11.9. The van der Waals surface area contributed by atoms with E-state index in [1.54, 1.807) is 7.05 Å². The fraction of sp³-hybridized carbons (Fsp3) is 0.589. The molecule has 0 radical (unpaired) electrons. The number of nitrogens with zero attached hydrogens (tertiary/aromatic N) is 4. The maximum Gasteiger partial charge on any atom is 0.324 e. The van der Waals surface area contributed by atoms with Gasteiger partial charge in [0.15, 0.2) is 0 Å². The summed E-state index contributed by atoms with van der Waals surface area (Å²) in [7, 11) is -0.822. The maximum absolute atomic E-state index is 15.1. The molecule has 2 aromatic carbocycles. The van der Waals surface area contributed by atoms with Crippen LogP contribution in [0.5, 0.6) is 5.75 Å². The van der Waals surface area contributed by atoms with E-state index in [1.807, 2.05) is 26.1 Å². The van der Waals surface area contributed by atoms with Gasteiger partial charge in [0.05, 0.1) is 24.0 Å². The summed E-state index contributed by atoms with van der Waals surface area (Å²) in [5.74, 6) is -0.684. The summed E-state index contributed by atoms with van der Waals surface area (Å²) in [6, 6.07) is 14.2. The fourth-order valence-corrected chi connectivity index (χ4v) is 17.0. The number of cyclic esters (lactones) is 1. The van der Waals surface area contributed by atoms with Crippen LogP contribution in [0.4, 0.5) is 0 Å². The molecular weight excluding hydrogens is 895 g/mol. The first-order valence-electron chi connectivity index (χ1n) is 26.1. The van der Waals surface area contributed by atoms with Crippen LogP contribution in [-0.2, 0) is 43.3 Å². The summed E-state index contributed by atoms with van der Waals surface area (Å²) < 4.78 is 16.1. The molecule has 4 aromatic rings. The molecule has 2 aromatic heterocycles. The zero-order valence-electron chi connectivity index (χ0n) is 44.5. The number of amides is 3. The van der Waals surface area contributed by atoms with Crippen molar-refractivity contribution in [3.8, 4) is 28.1 Å². The number of nitrogens with one attached hydrogen (secondary N) is 3. The van der Waals surface area contributed by atoms with E-state index in [2.05, 4.69) is 139 Å². The molecule has 5 heterocycles. The third-order valence-electron chi connectivity index (χ3n) is 15.3. The SMILES string of the molecule is CCn1c(-c2cccnc2C(C)C)c2c3cc(ccc31)-c1cc(cc(O[Si](C(C)C)(C(C)C)C(C)C)c1)C[C@H](NC(=O)[C@H](C(C)C)N(C)C(=O)[C@H]1CCN1)C(=O)N1CCC[C@H](N1)C(=O)OCC(C)(C)C2. The number of aryl methyl sites for hydroxylation is 1. The number of hydrogen-bond acceptors (Lipinski definition) is 9. The van der Waals surface area contributed by atoms with E-state index in [-0.39, 0.29) is 42.7 Å². The second kappa shape index (κ2) is 21.3. The summed E-state index contributed by atoms with van der Waals surface area (Å²) >= 11 is 0. The number of benzene rings is 2. The van der Waals surface area contributed by atoms with Gasteiger partial charge in [0.25, 0.3) is 14.2 Å². The topological polar surface area (TPSA) is 147 Å². The molecule has 4 atom stereocenters. The molecule has 13 nitrogen and oxygen atoms in total. The minimum absolute atomic E-state index is 0.130. The Morgan fingerprint density at radius 2 is 1.66 bits per heavy atom. The summed E-state index contributed by atoms with van der Waals surface area (Å²) in [4.78, 5) is 63.9. The largest absolute Gasteiger partial charge is 0.543 e. The molecule has 7 rings (SSSR count). The van der Waals surface area contributed by atoms with E-state index < -0.39 is 43.7 Å². The first kappa shape index (κ1) is 52.8. The highest BCUT2D eigenvalue weighted by Crippen LogP contribution is 2.45. The molecule has 6 bridgehead atoms. The molecule has 2 fully saturated rings. The number of ether oxygens (including phenoxy) is 1. The van der Waals surface area contributed by atoms with Gasteiger partial charge in [0.2, 0.25) is 11.8 Å². The van der Waals surface area contributed by atoms with Gasteiger partial charge >= 0.3 is 5.97 Å². The molecular formula is C56H81N7O6Si. The molecule has 0 saturated carbocycles. The normalized spacial score (nSPS) is 20.4. The van der Waals surface area contributed by atoms with Crippen LogP contribution in [0.2, 0.25) is 16.6 Å². The van der Waals surface area contributed by atoms with Crippen LogP contribution >= 0.6 is 0 Å². The van der Waals surface area contributed by atoms with Gasteiger partial charge in [-0.2, -0.15) is 0 Å². The summed E-state index contributed by atoms with van der Waals surface area (Å²) in [6.45, 7) is 30.3. The lowest BCUT2D eigenvalue weighted by Crippen LogP contribution is -2.63. The van der Waals surface area contributed by atoms with Crippen molar-refractivity contribution in [1.82, 2.24) is 35.5 Å². The van der Waals surface area contributed by atoms with Gasteiger partial charge in [-0.25, -0.2) is 5.43 Å². The standard InChI is InChI=1S/C56H81N7O6Si/c1-15-62-48-21-20-39-30-43(48)44(51(62)42-18-16-23-58-49(42)33(2)3)31-56(12,13)32-68-55(67)46-19-17-25-63(60-46)54(66)47(59-52(64)50(34(4)5)61(14)53(65)45-22-24-57-45)28-38-26-40(39)29-41(27-38)69-70(35(6)7,36(8)9)37(10)11/h16,18,20-21,23,26-27,29-30,33-37,45-47,50,57,60H,15,17,19,22,24-25,28,31-32H2,1-14H3,(H,59,64)/t45-,46+,47+,50+/m1/s1. The van der Waals surface area contributed by atoms with Crippen LogP contribution in [-0.4, -0.2) is 102 Å². The number of pyridine rings is 1. The Kier molecular flexibility index (Phi) is 16.1. The highest BCUT2D eigenvalue weighted by atomic mass is 28.4. The lowest BCUT2D eigenvalue weighted by Gasteiger charge is -2.42. The average molecular weight is 976 g/mol. The van der Waals surface area contributed by atoms with Gasteiger partial charge in [-0.1, -0.05) is 95.2 Å². The number of hydrogen-bond donors (Lipinski definition) is 3. The number of hydrazine groups is 1. The Morgan fingerprint density at radius 1 is 0.957 bits per heavy atom. The monoisotopic (exact) mass is 976 g/mol. The Bertz CT molecular complexity index is 2540. The highest BCUT2D eigenvalue weighted by Gasteiger charge is 2.47. The van der Waals surface area contributed by atoms with Crippen molar-refractivity contribution in [3.05, 3.63) is 71.5 Å². The molecule has 14 heteroatoms. The molecule has 3 aliphatic heterocycles. The number of carbonyl (C=O) groups excluding carboxylic acids is 4. The molecule has 0 unspecified atom stereocenters. The molecule has 2 saturated heterocycles. The van der Waals surface area contributed by atoms with Crippen molar-refractivity contribution in [2.45, 2.75) is 175 Å². The van der Waals surface area contributed by atoms with Crippen LogP contribution < -0.4 is 20.5 Å². The molecule has 0 aliphatic carbocycles. The highest BCUT2D eigenvalue weighted by molar-refractivity contribution is 6.78. The Hall–Kier alpha value is -5.05. The van der Waals surface area contributed by atoms with Gasteiger partial charge in [-0.3, -0.25) is 29.2 Å². The number of aromatic nitrogens is 2. The van der Waals surface area contributed by atoms with Gasteiger partial charge in [-0.15, -0.1) is 0 Å². The van der Waals surface area contributed by atoms with E-state index >= 15 is 4.79 Å². The first-order valence-corrected chi connectivity index (χ1v) is 28.2. The van der Waals surface area contributed by atoms with Crippen molar-refractivity contribution in [2.75, 3.05) is 26.7 Å². The Morgan fingerprint density at radius 3 is 2.27 bits per heavy atom. The Balaban J connectivity index is 1.45. The lowest BCUT2D eigenvalue weighted by atomic mass is 9.83. The fourth-order valence-electron chi connectivity index (χ4n) is 11.8. The van der Waals surface area contributed by atoms with Crippen molar-refractivity contribution in [2.24, 2.45) is 11.3 Å². The van der Waals surface area contributed by atoms with Gasteiger partial charge < -0.3 is 29.3 Å². The van der Waals surface area contributed by atoms with Crippen LogP contribution in [0.25, 0.3) is 33.3 Å². The zero-order valence-corrected chi connectivity index (χ0v) is 45.5. The average Bonchev–Trinajstić information content (AvgIpc) is 3.59. The summed E-state index contributed by atoms with van der Waals surface area (Å²) in [6.07, 6.45) is 4.38. The smallest absolute Gasteiger partial charge is 0.324 e. The number of likely N-dealkylation sites (N-methyl/N-ethyl adjacent to an activating group) is 1. The minimum atomic E-state index is -2.49. The molecule has 0 spiro atoms.